The fourth-order valence-electron chi connectivity index (χ4n) is 1.75. The fourth-order valence-corrected chi connectivity index (χ4v) is 1.75. The number of carbonyl (C=O) groups is 1. The van der Waals surface area contributed by atoms with Crippen molar-refractivity contribution >= 4 is 17.3 Å². The molecule has 4 nitrogen and oxygen atoms in total. The van der Waals surface area contributed by atoms with Crippen LogP contribution in [0.15, 0.2) is 42.5 Å². The normalized spacial score (nSPS) is 10.1. The van der Waals surface area contributed by atoms with Gasteiger partial charge in [0.05, 0.1) is 11.4 Å². The second kappa shape index (κ2) is 6.10. The summed E-state index contributed by atoms with van der Waals surface area (Å²) in [6, 6.07) is 12.9. The van der Waals surface area contributed by atoms with Crippen molar-refractivity contribution < 1.29 is 9.53 Å². The lowest BCUT2D eigenvalue weighted by atomic mass is 10.1. The van der Waals surface area contributed by atoms with Gasteiger partial charge in [0.2, 0.25) is 0 Å². The van der Waals surface area contributed by atoms with Gasteiger partial charge < -0.3 is 15.8 Å². The quantitative estimate of drug-likeness (QED) is 0.840. The number of carbonyl (C=O) groups excluding carboxylic acids is 1. The van der Waals surface area contributed by atoms with Crippen molar-refractivity contribution in [2.24, 2.45) is 0 Å². The molecule has 20 heavy (non-hydrogen) atoms. The predicted octanol–water partition coefficient (Wildman–Crippen LogP) is 2.90. The van der Waals surface area contributed by atoms with Crippen molar-refractivity contribution in [3.05, 3.63) is 53.6 Å². The molecule has 0 saturated carbocycles. The van der Waals surface area contributed by atoms with E-state index in [2.05, 4.69) is 5.32 Å². The minimum Gasteiger partial charge on any atom is -0.484 e. The van der Waals surface area contributed by atoms with Crippen LogP contribution < -0.4 is 15.8 Å². The molecule has 0 aliphatic carbocycles. The third kappa shape index (κ3) is 3.51. The summed E-state index contributed by atoms with van der Waals surface area (Å²) in [6.45, 7) is 3.99. The van der Waals surface area contributed by atoms with Gasteiger partial charge >= 0.3 is 0 Å². The van der Waals surface area contributed by atoms with Crippen LogP contribution in [0.3, 0.4) is 0 Å². The van der Waals surface area contributed by atoms with E-state index in [-0.39, 0.29) is 12.5 Å². The number of hydrogen-bond acceptors (Lipinski definition) is 3. The molecule has 2 aromatic carbocycles. The SMILES string of the molecule is Cc1ccc(OCC(=O)Nc2ccccc2N)cc1C. The number of hydrogen-bond donors (Lipinski definition) is 2. The number of rotatable bonds is 4. The summed E-state index contributed by atoms with van der Waals surface area (Å²) in [5.41, 5.74) is 9.22. The van der Waals surface area contributed by atoms with E-state index in [1.54, 1.807) is 12.1 Å². The summed E-state index contributed by atoms with van der Waals surface area (Å²) in [5, 5.41) is 2.72. The van der Waals surface area contributed by atoms with Gasteiger partial charge in [-0.1, -0.05) is 18.2 Å². The molecule has 2 rings (SSSR count). The first-order valence-corrected chi connectivity index (χ1v) is 6.40. The van der Waals surface area contributed by atoms with Crippen LogP contribution in [0.4, 0.5) is 11.4 Å². The van der Waals surface area contributed by atoms with Crippen molar-refractivity contribution in [3.8, 4) is 5.75 Å². The lowest BCUT2D eigenvalue weighted by Crippen LogP contribution is -2.20. The number of nitrogens with one attached hydrogen (secondary N) is 1. The molecular weight excluding hydrogens is 252 g/mol. The van der Waals surface area contributed by atoms with Crippen LogP contribution in [0.5, 0.6) is 5.75 Å². The zero-order chi connectivity index (χ0) is 14.5. The topological polar surface area (TPSA) is 64.3 Å². The molecule has 0 aliphatic heterocycles. The molecule has 0 radical (unpaired) electrons. The first-order valence-electron chi connectivity index (χ1n) is 6.40. The summed E-state index contributed by atoms with van der Waals surface area (Å²) in [7, 11) is 0. The average Bonchev–Trinajstić information content (AvgIpc) is 2.43. The molecule has 4 heteroatoms. The molecule has 0 heterocycles. The van der Waals surface area contributed by atoms with E-state index in [1.165, 1.54) is 5.56 Å². The second-order valence-corrected chi connectivity index (χ2v) is 4.67. The molecule has 0 fully saturated rings. The number of anilines is 2. The number of para-hydroxylation sites is 2. The Balaban J connectivity index is 1.92. The van der Waals surface area contributed by atoms with Gasteiger partial charge in [-0.05, 0) is 49.2 Å². The Morgan fingerprint density at radius 3 is 2.60 bits per heavy atom. The van der Waals surface area contributed by atoms with Gasteiger partial charge in [0.1, 0.15) is 5.75 Å². The van der Waals surface area contributed by atoms with Gasteiger partial charge in [-0.25, -0.2) is 0 Å². The fraction of sp³-hybridized carbons (Fsp3) is 0.188. The highest BCUT2D eigenvalue weighted by Gasteiger charge is 2.06. The molecule has 0 aromatic heterocycles. The zero-order valence-corrected chi connectivity index (χ0v) is 11.6. The summed E-state index contributed by atoms with van der Waals surface area (Å²) in [6.07, 6.45) is 0. The molecule has 0 atom stereocenters. The van der Waals surface area contributed by atoms with Gasteiger partial charge in [-0.15, -0.1) is 0 Å². The summed E-state index contributed by atoms with van der Waals surface area (Å²) in [5.74, 6) is 0.449. The summed E-state index contributed by atoms with van der Waals surface area (Å²) < 4.78 is 5.46. The van der Waals surface area contributed by atoms with E-state index < -0.39 is 0 Å². The standard InChI is InChI=1S/C16H18N2O2/c1-11-7-8-13(9-12(11)2)20-10-16(19)18-15-6-4-3-5-14(15)17/h3-9H,10,17H2,1-2H3,(H,18,19). The molecule has 104 valence electrons. The predicted molar refractivity (Wildman–Crippen MR) is 80.9 cm³/mol. The maximum absolute atomic E-state index is 11.8. The number of nitrogen functional groups attached to an aromatic ring is 1. The minimum atomic E-state index is -0.235. The van der Waals surface area contributed by atoms with E-state index in [0.29, 0.717) is 17.1 Å². The van der Waals surface area contributed by atoms with Gasteiger partial charge in [0, 0.05) is 0 Å². The number of nitrogens with two attached hydrogens (primary N) is 1. The maximum Gasteiger partial charge on any atom is 0.262 e. The van der Waals surface area contributed by atoms with Gasteiger partial charge in [-0.3, -0.25) is 4.79 Å². The lowest BCUT2D eigenvalue weighted by molar-refractivity contribution is -0.118. The third-order valence-corrected chi connectivity index (χ3v) is 3.08. The highest BCUT2D eigenvalue weighted by atomic mass is 16.5. The first-order chi connectivity index (χ1) is 9.56. The van der Waals surface area contributed by atoms with Crippen molar-refractivity contribution in [3.63, 3.8) is 0 Å². The maximum atomic E-state index is 11.8. The molecule has 0 saturated heterocycles. The monoisotopic (exact) mass is 270 g/mol. The van der Waals surface area contributed by atoms with E-state index in [1.807, 2.05) is 44.2 Å². The van der Waals surface area contributed by atoms with Crippen molar-refractivity contribution in [2.45, 2.75) is 13.8 Å². The highest BCUT2D eigenvalue weighted by Crippen LogP contribution is 2.18. The molecule has 0 unspecified atom stereocenters. The van der Waals surface area contributed by atoms with Crippen LogP contribution in [-0.4, -0.2) is 12.5 Å². The Bertz CT molecular complexity index is 624. The molecule has 0 aliphatic rings. The zero-order valence-electron chi connectivity index (χ0n) is 11.6. The number of benzene rings is 2. The number of ether oxygens (including phenoxy) is 1. The Kier molecular flexibility index (Phi) is 4.25. The average molecular weight is 270 g/mol. The Morgan fingerprint density at radius 1 is 1.15 bits per heavy atom. The van der Waals surface area contributed by atoms with E-state index in [0.717, 1.165) is 5.56 Å². The molecule has 2 aromatic rings. The smallest absolute Gasteiger partial charge is 0.262 e. The first kappa shape index (κ1) is 13.9. The molecule has 0 spiro atoms. The van der Waals surface area contributed by atoms with Gasteiger partial charge in [0.25, 0.3) is 5.91 Å². The van der Waals surface area contributed by atoms with Crippen LogP contribution in [-0.2, 0) is 4.79 Å². The Labute approximate surface area is 118 Å². The third-order valence-electron chi connectivity index (χ3n) is 3.08. The molecule has 1 amide bonds. The van der Waals surface area contributed by atoms with E-state index in [9.17, 15) is 4.79 Å². The van der Waals surface area contributed by atoms with Crippen molar-refractivity contribution in [1.29, 1.82) is 0 Å². The van der Waals surface area contributed by atoms with Gasteiger partial charge in [0.15, 0.2) is 6.61 Å². The molecule has 3 N–H and O–H groups in total. The highest BCUT2D eigenvalue weighted by molar-refractivity contribution is 5.94. The molecule has 0 bridgehead atoms. The summed E-state index contributed by atoms with van der Waals surface area (Å²) in [4.78, 5) is 11.8. The van der Waals surface area contributed by atoms with Crippen molar-refractivity contribution in [2.75, 3.05) is 17.7 Å². The number of aryl methyl sites for hydroxylation is 2. The summed E-state index contributed by atoms with van der Waals surface area (Å²) >= 11 is 0. The van der Waals surface area contributed by atoms with E-state index >= 15 is 0 Å². The van der Waals surface area contributed by atoms with E-state index in [4.69, 9.17) is 10.5 Å². The van der Waals surface area contributed by atoms with Crippen LogP contribution in [0.1, 0.15) is 11.1 Å². The van der Waals surface area contributed by atoms with Crippen LogP contribution >= 0.6 is 0 Å². The Hall–Kier alpha value is -2.49. The minimum absolute atomic E-state index is 0.0448. The molecular formula is C16H18N2O2. The Morgan fingerprint density at radius 2 is 1.90 bits per heavy atom. The van der Waals surface area contributed by atoms with Crippen LogP contribution in [0.25, 0.3) is 0 Å². The van der Waals surface area contributed by atoms with Crippen molar-refractivity contribution in [1.82, 2.24) is 0 Å². The lowest BCUT2D eigenvalue weighted by Gasteiger charge is -2.10. The largest absolute Gasteiger partial charge is 0.484 e. The van der Waals surface area contributed by atoms with Gasteiger partial charge in [-0.2, -0.15) is 0 Å². The number of amides is 1. The van der Waals surface area contributed by atoms with Crippen LogP contribution in [0, 0.1) is 13.8 Å². The van der Waals surface area contributed by atoms with Crippen LogP contribution in [0.2, 0.25) is 0 Å². The second-order valence-electron chi connectivity index (χ2n) is 4.67.